The molecule has 2 N–H and O–H groups in total. The Morgan fingerprint density at radius 3 is 2.84 bits per heavy atom. The van der Waals surface area contributed by atoms with Gasteiger partial charge in [0.25, 0.3) is 5.91 Å². The van der Waals surface area contributed by atoms with E-state index in [9.17, 15) is 9.59 Å². The molecule has 128 valence electrons. The maximum absolute atomic E-state index is 12.6. The molecule has 0 unspecified atom stereocenters. The number of nitrogens with zero attached hydrogens (tertiary/aromatic N) is 1. The van der Waals surface area contributed by atoms with Gasteiger partial charge in [0.15, 0.2) is 0 Å². The molecule has 6 nitrogen and oxygen atoms in total. The molecule has 0 aliphatic carbocycles. The first-order chi connectivity index (χ1) is 12.1. The zero-order chi connectivity index (χ0) is 17.8. The number of anilines is 1. The Kier molecular flexibility index (Phi) is 4.79. The molecule has 1 amide bonds. The number of aromatic nitrogens is 2. The van der Waals surface area contributed by atoms with E-state index in [4.69, 9.17) is 4.74 Å². The van der Waals surface area contributed by atoms with Crippen molar-refractivity contribution in [2.45, 2.75) is 20.3 Å². The smallest absolute Gasteiger partial charge is 0.310 e. The van der Waals surface area contributed by atoms with E-state index in [1.807, 2.05) is 25.3 Å². The summed E-state index contributed by atoms with van der Waals surface area (Å²) in [6.07, 6.45) is 1.92. The number of aromatic amines is 1. The third-order valence-corrected chi connectivity index (χ3v) is 3.88. The largest absolute Gasteiger partial charge is 0.466 e. The summed E-state index contributed by atoms with van der Waals surface area (Å²) in [6.45, 7) is 3.95. The summed E-state index contributed by atoms with van der Waals surface area (Å²) in [6, 6.07) is 10.8. The summed E-state index contributed by atoms with van der Waals surface area (Å²) in [5.74, 6) is -0.651. The molecule has 3 rings (SSSR count). The zero-order valence-corrected chi connectivity index (χ0v) is 14.1. The second-order valence-electron chi connectivity index (χ2n) is 5.62. The van der Waals surface area contributed by atoms with Crippen LogP contribution in [0.3, 0.4) is 0 Å². The average Bonchev–Trinajstić information content (AvgIpc) is 3.06. The number of amides is 1. The van der Waals surface area contributed by atoms with Crippen molar-refractivity contribution in [1.82, 2.24) is 9.97 Å². The predicted octanol–water partition coefficient (Wildman–Crippen LogP) is 3.23. The van der Waals surface area contributed by atoms with Gasteiger partial charge in [-0.1, -0.05) is 18.2 Å². The lowest BCUT2D eigenvalue weighted by Gasteiger charge is -2.11. The molecule has 0 bridgehead atoms. The molecular weight excluding hydrogens is 318 g/mol. The Balaban J connectivity index is 1.83. The van der Waals surface area contributed by atoms with Crippen molar-refractivity contribution in [3.05, 3.63) is 59.5 Å². The number of H-pyrrole nitrogens is 1. The van der Waals surface area contributed by atoms with Crippen LogP contribution in [0.4, 0.5) is 5.69 Å². The molecule has 2 aromatic heterocycles. The lowest BCUT2D eigenvalue weighted by molar-refractivity contribution is -0.142. The van der Waals surface area contributed by atoms with Crippen LogP contribution in [0.1, 0.15) is 28.7 Å². The minimum absolute atomic E-state index is 0.104. The predicted molar refractivity (Wildman–Crippen MR) is 95.6 cm³/mol. The van der Waals surface area contributed by atoms with Crippen LogP contribution in [0.2, 0.25) is 0 Å². The monoisotopic (exact) mass is 337 g/mol. The van der Waals surface area contributed by atoms with Gasteiger partial charge in [-0.25, -0.2) is 4.98 Å². The van der Waals surface area contributed by atoms with Gasteiger partial charge in [0.1, 0.15) is 5.69 Å². The van der Waals surface area contributed by atoms with Crippen LogP contribution in [0, 0.1) is 6.92 Å². The Labute approximate surface area is 145 Å². The van der Waals surface area contributed by atoms with E-state index < -0.39 is 0 Å². The zero-order valence-electron chi connectivity index (χ0n) is 14.1. The number of para-hydroxylation sites is 1. The van der Waals surface area contributed by atoms with Crippen molar-refractivity contribution >= 4 is 28.5 Å². The summed E-state index contributed by atoms with van der Waals surface area (Å²) in [4.78, 5) is 31.8. The number of benzene rings is 1. The molecule has 0 fully saturated rings. The highest BCUT2D eigenvalue weighted by Gasteiger charge is 2.14. The van der Waals surface area contributed by atoms with E-state index >= 15 is 0 Å². The molecule has 0 saturated carbocycles. The van der Waals surface area contributed by atoms with Crippen molar-refractivity contribution in [3.63, 3.8) is 0 Å². The molecule has 25 heavy (non-hydrogen) atoms. The van der Waals surface area contributed by atoms with Gasteiger partial charge in [-0.15, -0.1) is 0 Å². The third kappa shape index (κ3) is 3.68. The Morgan fingerprint density at radius 1 is 1.24 bits per heavy atom. The highest BCUT2D eigenvalue weighted by Crippen LogP contribution is 2.20. The SMILES string of the molecule is CCOC(=O)Cc1ccccc1NC(=O)c1cc2[nH]ccc2c(C)n1. The second-order valence-corrected chi connectivity index (χ2v) is 5.62. The quantitative estimate of drug-likeness (QED) is 0.700. The number of ether oxygens (including phenoxy) is 1. The van der Waals surface area contributed by atoms with Crippen LogP contribution in [-0.2, 0) is 16.0 Å². The van der Waals surface area contributed by atoms with Crippen molar-refractivity contribution in [2.24, 2.45) is 0 Å². The van der Waals surface area contributed by atoms with Crippen LogP contribution < -0.4 is 5.32 Å². The molecule has 3 aromatic rings. The number of esters is 1. The number of hydrogen-bond acceptors (Lipinski definition) is 4. The van der Waals surface area contributed by atoms with Crippen molar-refractivity contribution in [2.75, 3.05) is 11.9 Å². The van der Waals surface area contributed by atoms with Crippen molar-refractivity contribution in [3.8, 4) is 0 Å². The summed E-state index contributed by atoms with van der Waals surface area (Å²) in [5.41, 5.74) is 3.23. The highest BCUT2D eigenvalue weighted by atomic mass is 16.5. The first-order valence-corrected chi connectivity index (χ1v) is 8.08. The molecule has 0 atom stereocenters. The number of aryl methyl sites for hydroxylation is 1. The van der Waals surface area contributed by atoms with Gasteiger partial charge in [-0.3, -0.25) is 9.59 Å². The van der Waals surface area contributed by atoms with Gasteiger partial charge in [-0.2, -0.15) is 0 Å². The Morgan fingerprint density at radius 2 is 2.04 bits per heavy atom. The fraction of sp³-hybridized carbons (Fsp3) is 0.211. The van der Waals surface area contributed by atoms with Crippen molar-refractivity contribution < 1.29 is 14.3 Å². The van der Waals surface area contributed by atoms with Crippen LogP contribution in [0.5, 0.6) is 0 Å². The fourth-order valence-corrected chi connectivity index (χ4v) is 2.69. The topological polar surface area (TPSA) is 84.1 Å². The normalized spacial score (nSPS) is 10.6. The Bertz CT molecular complexity index is 931. The molecule has 0 aliphatic rings. The number of pyridine rings is 1. The van der Waals surface area contributed by atoms with E-state index in [0.29, 0.717) is 23.6 Å². The number of carbonyl (C=O) groups excluding carboxylic acids is 2. The van der Waals surface area contributed by atoms with E-state index in [2.05, 4.69) is 15.3 Å². The summed E-state index contributed by atoms with van der Waals surface area (Å²) >= 11 is 0. The number of fused-ring (bicyclic) bond motifs is 1. The molecular formula is C19H19N3O3. The van der Waals surface area contributed by atoms with Gasteiger partial charge in [0, 0.05) is 28.5 Å². The first-order valence-electron chi connectivity index (χ1n) is 8.08. The lowest BCUT2D eigenvalue weighted by atomic mass is 10.1. The maximum Gasteiger partial charge on any atom is 0.310 e. The molecule has 0 saturated heterocycles. The lowest BCUT2D eigenvalue weighted by Crippen LogP contribution is -2.16. The van der Waals surface area contributed by atoms with Crippen LogP contribution in [0.25, 0.3) is 10.9 Å². The van der Waals surface area contributed by atoms with Crippen LogP contribution in [-0.4, -0.2) is 28.5 Å². The molecule has 2 heterocycles. The molecule has 6 heteroatoms. The number of rotatable bonds is 5. The first kappa shape index (κ1) is 16.7. The van der Waals surface area contributed by atoms with Crippen molar-refractivity contribution in [1.29, 1.82) is 0 Å². The van der Waals surface area contributed by atoms with Gasteiger partial charge in [-0.05, 0) is 37.6 Å². The standard InChI is InChI=1S/C19H19N3O3/c1-3-25-18(23)10-13-6-4-5-7-15(13)22-19(24)17-11-16-14(8-9-20-16)12(2)21-17/h4-9,11,20H,3,10H2,1-2H3,(H,22,24). The number of carbonyl (C=O) groups is 2. The van der Waals surface area contributed by atoms with Gasteiger partial charge < -0.3 is 15.0 Å². The van der Waals surface area contributed by atoms with E-state index in [1.165, 1.54) is 0 Å². The number of hydrogen-bond donors (Lipinski definition) is 2. The van der Waals surface area contributed by atoms with Gasteiger partial charge in [0.05, 0.1) is 13.0 Å². The third-order valence-electron chi connectivity index (χ3n) is 3.88. The minimum Gasteiger partial charge on any atom is -0.466 e. The van der Waals surface area contributed by atoms with Crippen LogP contribution in [0.15, 0.2) is 42.6 Å². The molecule has 0 radical (unpaired) electrons. The molecule has 0 aliphatic heterocycles. The summed E-state index contributed by atoms with van der Waals surface area (Å²) < 4.78 is 4.98. The second kappa shape index (κ2) is 7.17. The number of nitrogens with one attached hydrogen (secondary N) is 2. The fourth-order valence-electron chi connectivity index (χ4n) is 2.69. The highest BCUT2D eigenvalue weighted by molar-refractivity contribution is 6.05. The van der Waals surface area contributed by atoms with E-state index in [-0.39, 0.29) is 18.3 Å². The van der Waals surface area contributed by atoms with E-state index in [1.54, 1.807) is 31.2 Å². The average molecular weight is 337 g/mol. The van der Waals surface area contributed by atoms with Crippen LogP contribution >= 0.6 is 0 Å². The summed E-state index contributed by atoms with van der Waals surface area (Å²) in [7, 11) is 0. The van der Waals surface area contributed by atoms with Gasteiger partial charge >= 0.3 is 5.97 Å². The maximum atomic E-state index is 12.6. The Hall–Kier alpha value is -3.15. The molecule has 0 spiro atoms. The summed E-state index contributed by atoms with van der Waals surface area (Å²) in [5, 5.41) is 3.82. The van der Waals surface area contributed by atoms with Gasteiger partial charge in [0.2, 0.25) is 0 Å². The minimum atomic E-state index is -0.328. The molecule has 1 aromatic carbocycles. The van der Waals surface area contributed by atoms with E-state index in [0.717, 1.165) is 16.6 Å².